The standard InChI is InChI=1S/C22H28BrN5S.CH4/c1-28(2)21-18-5-3-4-6-19(18)26-22(27-21)25-16-9-7-15(8-10-16)13-24-14-17-11-12-20(23)29-17;/h3-6,11-12,15-16,24H,7-10,13-14H2,1-2H3,(H,25,26,27);1H4. The van der Waals surface area contributed by atoms with Crippen LogP contribution in [-0.4, -0.2) is 36.6 Å². The molecule has 2 heterocycles. The first-order valence-corrected chi connectivity index (χ1v) is 11.8. The highest BCUT2D eigenvalue weighted by atomic mass is 79.9. The van der Waals surface area contributed by atoms with E-state index in [9.17, 15) is 0 Å². The Morgan fingerprint density at radius 3 is 2.53 bits per heavy atom. The van der Waals surface area contributed by atoms with Gasteiger partial charge in [-0.05, 0) is 78.3 Å². The molecule has 5 nitrogen and oxygen atoms in total. The molecule has 0 saturated heterocycles. The third kappa shape index (κ3) is 5.71. The summed E-state index contributed by atoms with van der Waals surface area (Å²) in [6.07, 6.45) is 4.83. The van der Waals surface area contributed by atoms with E-state index in [1.165, 1.54) is 34.3 Å². The van der Waals surface area contributed by atoms with Crippen molar-refractivity contribution in [3.8, 4) is 0 Å². The molecule has 162 valence electrons. The predicted octanol–water partition coefficient (Wildman–Crippen LogP) is 5.92. The number of nitrogens with zero attached hydrogens (tertiary/aromatic N) is 3. The second-order valence-electron chi connectivity index (χ2n) is 7.98. The van der Waals surface area contributed by atoms with Crippen molar-refractivity contribution in [1.82, 2.24) is 15.3 Å². The van der Waals surface area contributed by atoms with Crippen LogP contribution in [0.4, 0.5) is 11.8 Å². The van der Waals surface area contributed by atoms with Crippen LogP contribution in [0.15, 0.2) is 40.2 Å². The molecule has 1 fully saturated rings. The van der Waals surface area contributed by atoms with E-state index in [-0.39, 0.29) is 7.43 Å². The average Bonchev–Trinajstić information content (AvgIpc) is 3.13. The van der Waals surface area contributed by atoms with Gasteiger partial charge in [-0.3, -0.25) is 0 Å². The van der Waals surface area contributed by atoms with E-state index >= 15 is 0 Å². The van der Waals surface area contributed by atoms with Crippen LogP contribution in [-0.2, 0) is 6.54 Å². The van der Waals surface area contributed by atoms with Gasteiger partial charge < -0.3 is 15.5 Å². The zero-order valence-corrected chi connectivity index (χ0v) is 19.4. The molecule has 0 spiro atoms. The second-order valence-corrected chi connectivity index (χ2v) is 10.5. The molecular formula is C23H32BrN5S. The van der Waals surface area contributed by atoms with Crippen molar-refractivity contribution in [2.24, 2.45) is 5.92 Å². The van der Waals surface area contributed by atoms with Gasteiger partial charge in [-0.25, -0.2) is 4.98 Å². The molecule has 1 aliphatic carbocycles. The van der Waals surface area contributed by atoms with E-state index in [1.807, 2.05) is 26.2 Å². The molecule has 2 aromatic heterocycles. The van der Waals surface area contributed by atoms with Crippen molar-refractivity contribution in [3.63, 3.8) is 0 Å². The van der Waals surface area contributed by atoms with Gasteiger partial charge >= 0.3 is 0 Å². The lowest BCUT2D eigenvalue weighted by Crippen LogP contribution is -2.31. The Bertz CT molecular complexity index is 950. The summed E-state index contributed by atoms with van der Waals surface area (Å²) in [7, 11) is 4.07. The second kappa shape index (κ2) is 10.6. The Balaban J connectivity index is 0.00000256. The Hall–Kier alpha value is -1.70. The fourth-order valence-corrected chi connectivity index (χ4v) is 5.46. The highest BCUT2D eigenvalue weighted by Gasteiger charge is 2.22. The minimum atomic E-state index is 0. The molecule has 0 aliphatic heterocycles. The number of hydrogen-bond donors (Lipinski definition) is 2. The molecule has 7 heteroatoms. The van der Waals surface area contributed by atoms with Crippen LogP contribution in [0.1, 0.15) is 38.0 Å². The molecule has 2 N–H and O–H groups in total. The van der Waals surface area contributed by atoms with Gasteiger partial charge in [0.05, 0.1) is 9.30 Å². The van der Waals surface area contributed by atoms with Gasteiger partial charge in [-0.15, -0.1) is 11.3 Å². The number of halogens is 1. The van der Waals surface area contributed by atoms with Crippen LogP contribution in [0.2, 0.25) is 0 Å². The van der Waals surface area contributed by atoms with E-state index in [0.717, 1.165) is 41.7 Å². The summed E-state index contributed by atoms with van der Waals surface area (Å²) < 4.78 is 1.20. The van der Waals surface area contributed by atoms with Gasteiger partial charge in [0, 0.05) is 36.9 Å². The Kier molecular flexibility index (Phi) is 8.08. The third-order valence-electron chi connectivity index (χ3n) is 5.55. The van der Waals surface area contributed by atoms with Gasteiger partial charge in [0.25, 0.3) is 0 Å². The molecule has 4 rings (SSSR count). The number of nitrogens with one attached hydrogen (secondary N) is 2. The zero-order valence-electron chi connectivity index (χ0n) is 17.0. The van der Waals surface area contributed by atoms with Crippen molar-refractivity contribution in [1.29, 1.82) is 0 Å². The normalized spacial score (nSPS) is 18.8. The highest BCUT2D eigenvalue weighted by Crippen LogP contribution is 2.28. The van der Waals surface area contributed by atoms with E-state index in [1.54, 1.807) is 11.3 Å². The van der Waals surface area contributed by atoms with Crippen molar-refractivity contribution in [2.45, 2.75) is 45.7 Å². The number of fused-ring (bicyclic) bond motifs is 1. The minimum Gasteiger partial charge on any atom is -0.362 e. The Morgan fingerprint density at radius 2 is 1.83 bits per heavy atom. The van der Waals surface area contributed by atoms with Crippen molar-refractivity contribution >= 4 is 49.9 Å². The van der Waals surface area contributed by atoms with Crippen molar-refractivity contribution in [3.05, 3.63) is 45.1 Å². The number of anilines is 2. The smallest absolute Gasteiger partial charge is 0.225 e. The summed E-state index contributed by atoms with van der Waals surface area (Å²) in [4.78, 5) is 13.0. The lowest BCUT2D eigenvalue weighted by atomic mass is 9.86. The lowest BCUT2D eigenvalue weighted by Gasteiger charge is -2.29. The highest BCUT2D eigenvalue weighted by molar-refractivity contribution is 9.11. The maximum Gasteiger partial charge on any atom is 0.225 e. The first kappa shape index (κ1) is 23.0. The number of aromatic nitrogens is 2. The number of rotatable bonds is 7. The van der Waals surface area contributed by atoms with E-state index in [0.29, 0.717) is 6.04 Å². The summed E-state index contributed by atoms with van der Waals surface area (Å²) in [5.74, 6) is 2.47. The first-order chi connectivity index (χ1) is 14.1. The lowest BCUT2D eigenvalue weighted by molar-refractivity contribution is 0.324. The topological polar surface area (TPSA) is 53.1 Å². The largest absolute Gasteiger partial charge is 0.362 e. The first-order valence-electron chi connectivity index (χ1n) is 10.2. The molecule has 1 aromatic carbocycles. The fraction of sp³-hybridized carbons (Fsp3) is 0.478. The Labute approximate surface area is 192 Å². The van der Waals surface area contributed by atoms with Crippen LogP contribution in [0.5, 0.6) is 0 Å². The van der Waals surface area contributed by atoms with Crippen molar-refractivity contribution in [2.75, 3.05) is 30.9 Å². The molecule has 1 saturated carbocycles. The SMILES string of the molecule is C.CN(C)c1nc(NC2CCC(CNCc3ccc(Br)s3)CC2)nc2ccccc12. The quantitative estimate of drug-likeness (QED) is 0.431. The molecule has 30 heavy (non-hydrogen) atoms. The van der Waals surface area contributed by atoms with Gasteiger partial charge in [0.2, 0.25) is 5.95 Å². The van der Waals surface area contributed by atoms with E-state index < -0.39 is 0 Å². The average molecular weight is 491 g/mol. The zero-order chi connectivity index (χ0) is 20.2. The maximum absolute atomic E-state index is 4.79. The molecule has 0 bridgehead atoms. The van der Waals surface area contributed by atoms with Crippen LogP contribution >= 0.6 is 27.3 Å². The fourth-order valence-electron chi connectivity index (χ4n) is 4.01. The Morgan fingerprint density at radius 1 is 1.07 bits per heavy atom. The van der Waals surface area contributed by atoms with Gasteiger partial charge in [0.15, 0.2) is 0 Å². The minimum absolute atomic E-state index is 0. The molecule has 0 unspecified atom stereocenters. The third-order valence-corrected chi connectivity index (χ3v) is 7.17. The van der Waals surface area contributed by atoms with E-state index in [2.05, 4.69) is 55.7 Å². The van der Waals surface area contributed by atoms with E-state index in [4.69, 9.17) is 9.97 Å². The number of thiophene rings is 1. The predicted molar refractivity (Wildman–Crippen MR) is 134 cm³/mol. The van der Waals surface area contributed by atoms with Crippen LogP contribution < -0.4 is 15.5 Å². The van der Waals surface area contributed by atoms with Gasteiger partial charge in [0.1, 0.15) is 5.82 Å². The molecular weight excluding hydrogens is 458 g/mol. The summed E-state index contributed by atoms with van der Waals surface area (Å²) >= 11 is 5.34. The summed E-state index contributed by atoms with van der Waals surface area (Å²) in [6, 6.07) is 13.0. The molecule has 0 amide bonds. The summed E-state index contributed by atoms with van der Waals surface area (Å²) in [6.45, 7) is 2.06. The molecule has 0 atom stereocenters. The van der Waals surface area contributed by atoms with Gasteiger partial charge in [-0.1, -0.05) is 19.6 Å². The van der Waals surface area contributed by atoms with Crippen molar-refractivity contribution < 1.29 is 0 Å². The molecule has 0 radical (unpaired) electrons. The number of para-hydroxylation sites is 1. The summed E-state index contributed by atoms with van der Waals surface area (Å²) in [5, 5.41) is 8.32. The van der Waals surface area contributed by atoms with Crippen LogP contribution in [0, 0.1) is 5.92 Å². The van der Waals surface area contributed by atoms with Crippen LogP contribution in [0.25, 0.3) is 10.9 Å². The van der Waals surface area contributed by atoms with Gasteiger partial charge in [-0.2, -0.15) is 4.98 Å². The molecule has 3 aromatic rings. The van der Waals surface area contributed by atoms with Crippen LogP contribution in [0.3, 0.4) is 0 Å². The molecule has 1 aliphatic rings. The number of hydrogen-bond acceptors (Lipinski definition) is 6. The number of benzene rings is 1. The monoisotopic (exact) mass is 489 g/mol. The maximum atomic E-state index is 4.79. The summed E-state index contributed by atoms with van der Waals surface area (Å²) in [5.41, 5.74) is 0.992.